The Hall–Kier alpha value is -8.29. The van der Waals surface area contributed by atoms with Gasteiger partial charge >= 0.3 is 0 Å². The standard InChI is InChI=1S/3C12H6NO2.2C11H8N.C5H10O2.3Ir/c3*14-12-9-5-2-1-4-8(9)11-10(15-12)6-3-7-13-11;2*1-2-6-10(7-3-1)11-8-4-5-9-12-11;1-4(6)3-5(2)7;;;/h3*1-3,5-7H;2*1-6,8-9H;3-4,6-7H,1-2H3;;;/q5*-1;;;;. The summed E-state index contributed by atoms with van der Waals surface area (Å²) in [5, 5.41) is 20.6. The molecule has 13 nitrogen and oxygen atoms in total. The number of pyridine rings is 5. The molecule has 3 radical (unpaired) electrons. The molecule has 0 bridgehead atoms. The smallest absolute Gasteiger partial charge is 0.299 e. The van der Waals surface area contributed by atoms with Gasteiger partial charge in [-0.3, -0.25) is 14.4 Å². The summed E-state index contributed by atoms with van der Waals surface area (Å²) in [5.74, 6) is 0.162. The molecular formula is C63H44Ir3N5O8-5. The van der Waals surface area contributed by atoms with Crippen LogP contribution >= 0.6 is 0 Å². The summed E-state index contributed by atoms with van der Waals surface area (Å²) in [4.78, 5) is 55.7. The first-order valence-corrected chi connectivity index (χ1v) is 23.5. The fraction of sp³-hybridized carbons (Fsp3) is 0.0476. The van der Waals surface area contributed by atoms with Gasteiger partial charge < -0.3 is 48.4 Å². The van der Waals surface area contributed by atoms with Crippen LogP contribution in [0.3, 0.4) is 0 Å². The van der Waals surface area contributed by atoms with Gasteiger partial charge in [-0.1, -0.05) is 24.3 Å². The first kappa shape index (κ1) is 61.6. The Morgan fingerprint density at radius 3 is 1.04 bits per heavy atom. The summed E-state index contributed by atoms with van der Waals surface area (Å²) in [6.07, 6.45) is 9.41. The van der Waals surface area contributed by atoms with E-state index in [-0.39, 0.29) is 83.0 Å². The van der Waals surface area contributed by atoms with Gasteiger partial charge in [0.1, 0.15) is 16.7 Å². The van der Waals surface area contributed by atoms with Gasteiger partial charge in [0, 0.05) is 108 Å². The summed E-state index contributed by atoms with van der Waals surface area (Å²) in [6.45, 7) is 3.10. The summed E-state index contributed by atoms with van der Waals surface area (Å²) in [5.41, 5.74) is 6.50. The molecule has 13 aromatic rings. The molecule has 0 spiro atoms. The second-order valence-corrected chi connectivity index (χ2v) is 16.1. The van der Waals surface area contributed by atoms with Gasteiger partial charge in [0.25, 0.3) is 16.9 Å². The van der Waals surface area contributed by atoms with E-state index in [0.717, 1.165) is 22.5 Å². The molecule has 5 aromatic carbocycles. The molecule has 0 fully saturated rings. The number of aliphatic hydroxyl groups is 2. The Morgan fingerprint density at radius 2 is 0.759 bits per heavy atom. The van der Waals surface area contributed by atoms with Crippen LogP contribution in [0.1, 0.15) is 13.8 Å². The van der Waals surface area contributed by atoms with Crippen molar-refractivity contribution in [2.45, 2.75) is 20.0 Å². The third-order valence-electron chi connectivity index (χ3n) is 10.6. The summed E-state index contributed by atoms with van der Waals surface area (Å²) in [6, 6.07) is 68.8. The molecule has 0 aliphatic heterocycles. The van der Waals surface area contributed by atoms with Gasteiger partial charge in [0.05, 0.1) is 11.9 Å². The Morgan fingerprint density at radius 1 is 0.430 bits per heavy atom. The van der Waals surface area contributed by atoms with Crippen molar-refractivity contribution in [3.8, 4) is 22.5 Å². The van der Waals surface area contributed by atoms with Crippen LogP contribution in [-0.2, 0) is 60.3 Å². The average molecular weight is 1580 g/mol. The zero-order chi connectivity index (χ0) is 53.1. The molecule has 13 rings (SSSR count). The predicted octanol–water partition coefficient (Wildman–Crippen LogP) is 12.3. The van der Waals surface area contributed by atoms with Gasteiger partial charge in [-0.25, -0.2) is 0 Å². The summed E-state index contributed by atoms with van der Waals surface area (Å²) >= 11 is 0. The Labute approximate surface area is 493 Å². The van der Waals surface area contributed by atoms with E-state index in [2.05, 4.69) is 55.3 Å². The first-order chi connectivity index (χ1) is 37.1. The maximum atomic E-state index is 11.6. The maximum Gasteiger partial charge on any atom is 0.299 e. The number of hydrogen-bond donors (Lipinski definition) is 2. The second kappa shape index (κ2) is 31.2. The zero-order valence-corrected chi connectivity index (χ0v) is 49.0. The van der Waals surface area contributed by atoms with E-state index in [0.29, 0.717) is 65.6 Å². The van der Waals surface area contributed by atoms with Crippen LogP contribution in [0, 0.1) is 30.3 Å². The molecule has 8 heterocycles. The average Bonchev–Trinajstić information content (AvgIpc) is 3.48. The number of nitrogens with zero attached hydrogens (tertiary/aromatic N) is 5. The molecule has 0 saturated carbocycles. The van der Waals surface area contributed by atoms with Gasteiger partial charge in [-0.05, 0) is 96.0 Å². The van der Waals surface area contributed by atoms with Crippen LogP contribution in [0.25, 0.3) is 88.1 Å². The SMILES string of the molecule is CC(O)=CC(C)O.O=c1oc2cccnc2c2[c-]cccc12.O=c1oc2cccnc2c2[c-]cccc12.O=c1oc2cccnc2c2[c-]cccc12.[Ir].[Ir].[Ir].[c-]1ccccc1-c1ccccn1.[c-]1ccccc1-c1ccccn1. The number of rotatable bonds is 3. The monoisotopic (exact) mass is 1580 g/mol. The fourth-order valence-electron chi connectivity index (χ4n) is 7.35. The maximum absolute atomic E-state index is 11.6. The van der Waals surface area contributed by atoms with E-state index < -0.39 is 6.10 Å². The molecular weight excluding hydrogens is 1530 g/mol. The number of hydrogen-bond acceptors (Lipinski definition) is 13. The molecule has 1 unspecified atom stereocenters. The van der Waals surface area contributed by atoms with Crippen molar-refractivity contribution in [1.82, 2.24) is 24.9 Å². The number of aromatic nitrogens is 5. The minimum Gasteiger partial charge on any atom is -0.513 e. The normalized spacial score (nSPS) is 10.6. The molecule has 0 saturated heterocycles. The molecule has 0 aliphatic rings. The van der Waals surface area contributed by atoms with Crippen LogP contribution in [0.4, 0.5) is 0 Å². The Balaban J connectivity index is 0.000000175. The minimum absolute atomic E-state index is 0. The van der Waals surface area contributed by atoms with E-state index in [1.807, 2.05) is 84.9 Å². The van der Waals surface area contributed by atoms with Crippen LogP contribution in [-0.4, -0.2) is 41.2 Å². The van der Waals surface area contributed by atoms with Crippen LogP contribution in [0.15, 0.2) is 246 Å². The van der Waals surface area contributed by atoms with Gasteiger partial charge in [0.15, 0.2) is 0 Å². The van der Waals surface area contributed by atoms with E-state index >= 15 is 0 Å². The fourth-order valence-corrected chi connectivity index (χ4v) is 7.35. The minimum atomic E-state index is -0.537. The van der Waals surface area contributed by atoms with Crippen molar-refractivity contribution >= 4 is 65.6 Å². The summed E-state index contributed by atoms with van der Waals surface area (Å²) in [7, 11) is 0. The van der Waals surface area contributed by atoms with Crippen molar-refractivity contribution in [1.29, 1.82) is 0 Å². The summed E-state index contributed by atoms with van der Waals surface area (Å²) < 4.78 is 15.4. The number of aliphatic hydroxyl groups excluding tert-OH is 2. The zero-order valence-electron chi connectivity index (χ0n) is 41.9. The van der Waals surface area contributed by atoms with Gasteiger partial charge in [-0.15, -0.1) is 161 Å². The van der Waals surface area contributed by atoms with E-state index in [9.17, 15) is 14.4 Å². The Bertz CT molecular complexity index is 3760. The van der Waals surface area contributed by atoms with Crippen molar-refractivity contribution in [2.75, 3.05) is 0 Å². The number of benzene rings is 5. The van der Waals surface area contributed by atoms with Crippen molar-refractivity contribution < 1.29 is 83.8 Å². The van der Waals surface area contributed by atoms with Crippen LogP contribution in [0.2, 0.25) is 0 Å². The van der Waals surface area contributed by atoms with E-state index in [1.54, 1.807) is 129 Å². The molecule has 0 aliphatic carbocycles. The Kier molecular flexibility index (Phi) is 24.3. The van der Waals surface area contributed by atoms with Crippen molar-refractivity contribution in [3.05, 3.63) is 280 Å². The second-order valence-electron chi connectivity index (χ2n) is 16.1. The third-order valence-corrected chi connectivity index (χ3v) is 10.6. The predicted molar refractivity (Wildman–Crippen MR) is 295 cm³/mol. The molecule has 401 valence electrons. The molecule has 79 heavy (non-hydrogen) atoms. The first-order valence-electron chi connectivity index (χ1n) is 23.5. The largest absolute Gasteiger partial charge is 0.513 e. The van der Waals surface area contributed by atoms with Crippen LogP contribution in [0.5, 0.6) is 0 Å². The quantitative estimate of drug-likeness (QED) is 0.0964. The van der Waals surface area contributed by atoms with Gasteiger partial charge in [0.2, 0.25) is 0 Å². The molecule has 1 atom stereocenters. The third kappa shape index (κ3) is 16.9. The van der Waals surface area contributed by atoms with Crippen molar-refractivity contribution in [3.63, 3.8) is 0 Å². The molecule has 0 amide bonds. The molecule has 16 heteroatoms. The molecule has 2 N–H and O–H groups in total. The topological polar surface area (TPSA) is 196 Å². The van der Waals surface area contributed by atoms with Crippen LogP contribution < -0.4 is 16.9 Å². The number of fused-ring (bicyclic) bond motifs is 9. The van der Waals surface area contributed by atoms with Gasteiger partial charge in [-0.2, -0.15) is 0 Å². The number of allylic oxidation sites excluding steroid dienone is 1. The molecule has 8 aromatic heterocycles. The van der Waals surface area contributed by atoms with E-state index in [4.69, 9.17) is 23.5 Å². The van der Waals surface area contributed by atoms with Crippen molar-refractivity contribution in [2.24, 2.45) is 0 Å². The van der Waals surface area contributed by atoms with E-state index in [1.165, 1.54) is 13.0 Å².